The van der Waals surface area contributed by atoms with E-state index >= 15 is 0 Å². The van der Waals surface area contributed by atoms with Gasteiger partial charge in [0.15, 0.2) is 11.5 Å². The number of nitrogens with zero attached hydrogens (tertiary/aromatic N) is 2. The number of carbonyl (C=O) groups is 1. The van der Waals surface area contributed by atoms with Crippen molar-refractivity contribution in [3.05, 3.63) is 86.6 Å². The molecule has 0 aliphatic heterocycles. The highest BCUT2D eigenvalue weighted by Gasteiger charge is 2.19. The molecule has 0 spiro atoms. The SMILES string of the molecule is COc1ccc(CCN(Cc2nc3ccccc3c(=O)[nH]2)C(=O)c2cccs2)cc1OC. The number of para-hydroxylation sites is 1. The zero-order valence-corrected chi connectivity index (χ0v) is 18.6. The van der Waals surface area contributed by atoms with Crippen LogP contribution in [0.4, 0.5) is 0 Å². The third-order valence-corrected chi connectivity index (χ3v) is 6.00. The number of H-pyrrole nitrogens is 1. The molecule has 0 aliphatic carbocycles. The molecule has 7 nitrogen and oxygen atoms in total. The Morgan fingerprint density at radius 2 is 1.88 bits per heavy atom. The zero-order chi connectivity index (χ0) is 22.5. The molecule has 2 aromatic heterocycles. The molecule has 32 heavy (non-hydrogen) atoms. The third-order valence-electron chi connectivity index (χ3n) is 5.14. The molecule has 164 valence electrons. The number of ether oxygens (including phenoxy) is 2. The average Bonchev–Trinajstić information content (AvgIpc) is 3.36. The molecule has 8 heteroatoms. The van der Waals surface area contributed by atoms with Gasteiger partial charge in [-0.15, -0.1) is 11.3 Å². The Balaban J connectivity index is 1.60. The van der Waals surface area contributed by atoms with Crippen LogP contribution in [0, 0.1) is 0 Å². The highest BCUT2D eigenvalue weighted by atomic mass is 32.1. The van der Waals surface area contributed by atoms with Crippen molar-refractivity contribution in [3.63, 3.8) is 0 Å². The summed E-state index contributed by atoms with van der Waals surface area (Å²) in [6.07, 6.45) is 0.606. The third kappa shape index (κ3) is 4.65. The lowest BCUT2D eigenvalue weighted by Gasteiger charge is -2.22. The van der Waals surface area contributed by atoms with E-state index in [0.29, 0.717) is 46.1 Å². The van der Waals surface area contributed by atoms with Crippen molar-refractivity contribution in [2.75, 3.05) is 20.8 Å². The first-order valence-corrected chi connectivity index (χ1v) is 11.0. The van der Waals surface area contributed by atoms with Crippen molar-refractivity contribution < 1.29 is 14.3 Å². The number of amides is 1. The molecule has 4 rings (SSSR count). The van der Waals surface area contributed by atoms with E-state index in [1.165, 1.54) is 11.3 Å². The fourth-order valence-electron chi connectivity index (χ4n) is 3.50. The smallest absolute Gasteiger partial charge is 0.264 e. The Hall–Kier alpha value is -3.65. The van der Waals surface area contributed by atoms with Crippen LogP contribution < -0.4 is 15.0 Å². The Morgan fingerprint density at radius 3 is 2.62 bits per heavy atom. The van der Waals surface area contributed by atoms with Crippen LogP contribution in [0.25, 0.3) is 10.9 Å². The minimum Gasteiger partial charge on any atom is -0.493 e. The molecular formula is C24H23N3O4S. The van der Waals surface area contributed by atoms with Gasteiger partial charge in [-0.1, -0.05) is 24.3 Å². The first kappa shape index (κ1) is 21.6. The van der Waals surface area contributed by atoms with Gasteiger partial charge in [0.1, 0.15) is 5.82 Å². The molecule has 2 heterocycles. The van der Waals surface area contributed by atoms with Crippen LogP contribution in [0.2, 0.25) is 0 Å². The number of hydrogen-bond donors (Lipinski definition) is 1. The van der Waals surface area contributed by atoms with E-state index < -0.39 is 0 Å². The number of aromatic amines is 1. The molecule has 0 fully saturated rings. The lowest BCUT2D eigenvalue weighted by atomic mass is 10.1. The molecule has 0 saturated heterocycles. The zero-order valence-electron chi connectivity index (χ0n) is 17.8. The van der Waals surface area contributed by atoms with Crippen LogP contribution in [0.3, 0.4) is 0 Å². The summed E-state index contributed by atoms with van der Waals surface area (Å²) in [6.45, 7) is 0.646. The molecule has 4 aromatic rings. The number of nitrogens with one attached hydrogen (secondary N) is 1. The monoisotopic (exact) mass is 449 g/mol. The second-order valence-corrected chi connectivity index (χ2v) is 8.12. The largest absolute Gasteiger partial charge is 0.493 e. The van der Waals surface area contributed by atoms with E-state index in [4.69, 9.17) is 9.47 Å². The van der Waals surface area contributed by atoms with Crippen molar-refractivity contribution >= 4 is 28.1 Å². The van der Waals surface area contributed by atoms with Gasteiger partial charge in [0.05, 0.1) is 36.5 Å². The summed E-state index contributed by atoms with van der Waals surface area (Å²) in [6, 6.07) is 16.5. The second kappa shape index (κ2) is 9.65. The topological polar surface area (TPSA) is 84.5 Å². The lowest BCUT2D eigenvalue weighted by molar-refractivity contribution is 0.0745. The molecule has 1 amide bonds. The Morgan fingerprint density at radius 1 is 1.06 bits per heavy atom. The summed E-state index contributed by atoms with van der Waals surface area (Å²) in [5, 5.41) is 2.40. The minimum atomic E-state index is -0.214. The summed E-state index contributed by atoms with van der Waals surface area (Å²) < 4.78 is 10.7. The van der Waals surface area contributed by atoms with Crippen LogP contribution in [0.1, 0.15) is 21.1 Å². The van der Waals surface area contributed by atoms with E-state index in [1.54, 1.807) is 43.4 Å². The molecule has 1 N–H and O–H groups in total. The fourth-order valence-corrected chi connectivity index (χ4v) is 4.19. The normalized spacial score (nSPS) is 10.8. The Bertz CT molecular complexity index is 1280. The van der Waals surface area contributed by atoms with E-state index in [2.05, 4.69) is 9.97 Å². The van der Waals surface area contributed by atoms with Crippen LogP contribution in [-0.4, -0.2) is 41.5 Å². The van der Waals surface area contributed by atoms with Crippen molar-refractivity contribution in [2.24, 2.45) is 0 Å². The van der Waals surface area contributed by atoms with Gasteiger partial charge < -0.3 is 19.4 Å². The molecule has 0 aliphatic rings. The number of fused-ring (bicyclic) bond motifs is 1. The molecule has 0 saturated carbocycles. The Labute approximate surface area is 189 Å². The van der Waals surface area contributed by atoms with Crippen molar-refractivity contribution in [3.8, 4) is 11.5 Å². The summed E-state index contributed by atoms with van der Waals surface area (Å²) >= 11 is 1.39. The predicted molar refractivity (Wildman–Crippen MR) is 125 cm³/mol. The average molecular weight is 450 g/mol. The van der Waals surface area contributed by atoms with E-state index in [9.17, 15) is 9.59 Å². The fraction of sp³-hybridized carbons (Fsp3) is 0.208. The maximum absolute atomic E-state index is 13.2. The van der Waals surface area contributed by atoms with Gasteiger partial charge in [0.2, 0.25) is 0 Å². The lowest BCUT2D eigenvalue weighted by Crippen LogP contribution is -2.33. The summed E-state index contributed by atoms with van der Waals surface area (Å²) in [5.41, 5.74) is 1.40. The highest BCUT2D eigenvalue weighted by Crippen LogP contribution is 2.28. The number of thiophene rings is 1. The van der Waals surface area contributed by atoms with Gasteiger partial charge in [-0.2, -0.15) is 0 Å². The predicted octanol–water partition coefficient (Wildman–Crippen LogP) is 3.89. The van der Waals surface area contributed by atoms with Gasteiger partial charge in [0.25, 0.3) is 11.5 Å². The number of hydrogen-bond acceptors (Lipinski definition) is 6. The second-order valence-electron chi connectivity index (χ2n) is 7.17. The van der Waals surface area contributed by atoms with Crippen LogP contribution in [0.5, 0.6) is 11.5 Å². The standard InChI is InChI=1S/C24H23N3O4S/c1-30-19-10-9-16(14-20(19)31-2)11-12-27(24(29)21-8-5-13-32-21)15-22-25-18-7-4-3-6-17(18)23(28)26-22/h3-10,13-14H,11-12,15H2,1-2H3,(H,25,26,28). The maximum Gasteiger partial charge on any atom is 0.264 e. The van der Waals surface area contributed by atoms with Gasteiger partial charge in [-0.05, 0) is 47.7 Å². The Kier molecular flexibility index (Phi) is 6.51. The molecular weight excluding hydrogens is 426 g/mol. The van der Waals surface area contributed by atoms with E-state index in [1.807, 2.05) is 35.7 Å². The first-order chi connectivity index (χ1) is 15.6. The number of aromatic nitrogens is 2. The molecule has 2 aromatic carbocycles. The van der Waals surface area contributed by atoms with Gasteiger partial charge in [-0.3, -0.25) is 9.59 Å². The van der Waals surface area contributed by atoms with Crippen LogP contribution in [0.15, 0.2) is 64.8 Å². The van der Waals surface area contributed by atoms with Crippen molar-refractivity contribution in [2.45, 2.75) is 13.0 Å². The summed E-state index contributed by atoms with van der Waals surface area (Å²) in [7, 11) is 3.19. The van der Waals surface area contributed by atoms with Crippen molar-refractivity contribution in [1.82, 2.24) is 14.9 Å². The van der Waals surface area contributed by atoms with Gasteiger partial charge in [0, 0.05) is 6.54 Å². The number of rotatable bonds is 8. The van der Waals surface area contributed by atoms with Crippen LogP contribution >= 0.6 is 11.3 Å². The summed E-state index contributed by atoms with van der Waals surface area (Å²) in [4.78, 5) is 35.4. The molecule has 0 bridgehead atoms. The first-order valence-electron chi connectivity index (χ1n) is 10.1. The molecule has 0 unspecified atom stereocenters. The van der Waals surface area contributed by atoms with E-state index in [-0.39, 0.29) is 18.0 Å². The summed E-state index contributed by atoms with van der Waals surface area (Å²) in [5.74, 6) is 1.64. The van der Waals surface area contributed by atoms with Gasteiger partial charge >= 0.3 is 0 Å². The van der Waals surface area contributed by atoms with Crippen molar-refractivity contribution in [1.29, 1.82) is 0 Å². The van der Waals surface area contributed by atoms with E-state index in [0.717, 1.165) is 5.56 Å². The van der Waals surface area contributed by atoms with Crippen LogP contribution in [-0.2, 0) is 13.0 Å². The molecule has 0 atom stereocenters. The van der Waals surface area contributed by atoms with Gasteiger partial charge in [-0.25, -0.2) is 4.98 Å². The minimum absolute atomic E-state index is 0.101. The quantitative estimate of drug-likeness (QED) is 0.441. The highest BCUT2D eigenvalue weighted by molar-refractivity contribution is 7.12. The number of benzene rings is 2. The number of methoxy groups -OCH3 is 2. The molecule has 0 radical (unpaired) electrons. The maximum atomic E-state index is 13.2. The number of carbonyl (C=O) groups excluding carboxylic acids is 1.